The highest BCUT2D eigenvalue weighted by Crippen LogP contribution is 2.36. The first-order chi connectivity index (χ1) is 11.1. The summed E-state index contributed by atoms with van der Waals surface area (Å²) in [6, 6.07) is 8.29. The Bertz CT molecular complexity index is 697. The van der Waals surface area contributed by atoms with Crippen LogP contribution in [0, 0.1) is 6.92 Å². The number of amides is 2. The molecule has 122 valence electrons. The van der Waals surface area contributed by atoms with Gasteiger partial charge in [-0.2, -0.15) is 4.98 Å². The van der Waals surface area contributed by atoms with Gasteiger partial charge < -0.3 is 15.2 Å². The van der Waals surface area contributed by atoms with Gasteiger partial charge in [-0.25, -0.2) is 4.79 Å². The molecule has 0 fully saturated rings. The van der Waals surface area contributed by atoms with Crippen molar-refractivity contribution in [3.05, 3.63) is 47.1 Å². The highest BCUT2D eigenvalue weighted by atomic mass is 16.5. The third-order valence-corrected chi connectivity index (χ3v) is 4.45. The van der Waals surface area contributed by atoms with Crippen LogP contribution >= 0.6 is 0 Å². The minimum Gasteiger partial charge on any atom is -0.337 e. The molecule has 1 atom stereocenters. The molecule has 23 heavy (non-hydrogen) atoms. The Morgan fingerprint density at radius 1 is 1.35 bits per heavy atom. The summed E-state index contributed by atoms with van der Waals surface area (Å²) in [5.74, 6) is 0.973. The van der Waals surface area contributed by atoms with Crippen molar-refractivity contribution in [3.8, 4) is 0 Å². The van der Waals surface area contributed by atoms with Crippen LogP contribution in [0.1, 0.15) is 42.6 Å². The second kappa shape index (κ2) is 6.40. The van der Waals surface area contributed by atoms with Gasteiger partial charge in [-0.05, 0) is 37.3 Å². The largest absolute Gasteiger partial charge is 0.337 e. The number of carbonyl (C=O) groups excluding carboxylic acids is 1. The molecule has 1 aliphatic rings. The summed E-state index contributed by atoms with van der Waals surface area (Å²) in [7, 11) is 0. The minimum absolute atomic E-state index is 0.0206. The number of nitrogens with one attached hydrogen (secondary N) is 2. The summed E-state index contributed by atoms with van der Waals surface area (Å²) < 4.78 is 4.97. The number of carbonyl (C=O) groups is 1. The van der Waals surface area contributed by atoms with Gasteiger partial charge in [-0.15, -0.1) is 0 Å². The number of urea groups is 1. The average molecular weight is 314 g/mol. The van der Waals surface area contributed by atoms with Gasteiger partial charge in [0.15, 0.2) is 5.82 Å². The number of hydrogen-bond donors (Lipinski definition) is 2. The fourth-order valence-corrected chi connectivity index (χ4v) is 3.22. The molecule has 2 amide bonds. The number of aromatic nitrogens is 2. The number of nitrogens with zero attached hydrogens (tertiary/aromatic N) is 2. The van der Waals surface area contributed by atoms with E-state index in [-0.39, 0.29) is 18.0 Å². The Hall–Kier alpha value is -2.37. The molecule has 3 rings (SSSR count). The number of rotatable bonds is 4. The van der Waals surface area contributed by atoms with Crippen molar-refractivity contribution in [1.82, 2.24) is 20.8 Å². The minimum atomic E-state index is -0.217. The molecule has 0 unspecified atom stereocenters. The van der Waals surface area contributed by atoms with E-state index in [0.29, 0.717) is 18.3 Å². The average Bonchev–Trinajstić information content (AvgIpc) is 2.97. The molecule has 0 bridgehead atoms. The van der Waals surface area contributed by atoms with Crippen LogP contribution in [0.3, 0.4) is 0 Å². The molecule has 1 aromatic heterocycles. The van der Waals surface area contributed by atoms with Gasteiger partial charge >= 0.3 is 6.03 Å². The molecule has 0 saturated carbocycles. The number of fused-ring (bicyclic) bond motifs is 1. The number of hydrogen-bond acceptors (Lipinski definition) is 4. The molecule has 0 saturated heterocycles. The monoisotopic (exact) mass is 314 g/mol. The molecule has 6 heteroatoms. The van der Waals surface area contributed by atoms with Crippen molar-refractivity contribution >= 4 is 6.03 Å². The third-order valence-electron chi connectivity index (χ3n) is 4.45. The SMILES string of the molecule is Cc1noc(CNC(=O)NC[C@@]2(C)CCCc3ccccc32)n1. The van der Waals surface area contributed by atoms with E-state index in [1.807, 2.05) is 0 Å². The highest BCUT2D eigenvalue weighted by molar-refractivity contribution is 5.73. The van der Waals surface area contributed by atoms with Crippen LogP contribution in [-0.2, 0) is 18.4 Å². The molecular formula is C17H22N4O2. The fraction of sp³-hybridized carbons (Fsp3) is 0.471. The lowest BCUT2D eigenvalue weighted by Crippen LogP contribution is -2.44. The van der Waals surface area contributed by atoms with Crippen LogP contribution in [0.5, 0.6) is 0 Å². The number of aryl methyl sites for hydroxylation is 2. The lowest BCUT2D eigenvalue weighted by molar-refractivity contribution is 0.234. The lowest BCUT2D eigenvalue weighted by atomic mass is 9.71. The normalized spacial score (nSPS) is 19.9. The molecular weight excluding hydrogens is 292 g/mol. The third kappa shape index (κ3) is 3.52. The lowest BCUT2D eigenvalue weighted by Gasteiger charge is -2.36. The zero-order valence-corrected chi connectivity index (χ0v) is 13.6. The molecule has 2 N–H and O–H groups in total. The molecule has 6 nitrogen and oxygen atoms in total. The van der Waals surface area contributed by atoms with Crippen LogP contribution in [0.15, 0.2) is 28.8 Å². The van der Waals surface area contributed by atoms with E-state index in [0.717, 1.165) is 19.3 Å². The van der Waals surface area contributed by atoms with Crippen molar-refractivity contribution in [1.29, 1.82) is 0 Å². The Labute approximate surface area is 135 Å². The molecule has 0 radical (unpaired) electrons. The summed E-state index contributed by atoms with van der Waals surface area (Å²) in [4.78, 5) is 16.1. The van der Waals surface area contributed by atoms with E-state index >= 15 is 0 Å². The van der Waals surface area contributed by atoms with Gasteiger partial charge in [0.25, 0.3) is 0 Å². The summed E-state index contributed by atoms with van der Waals surface area (Å²) in [6.45, 7) is 4.81. The standard InChI is InChI=1S/C17H22N4O2/c1-12-20-15(23-21-12)10-18-16(22)19-11-17(2)9-5-7-13-6-3-4-8-14(13)17/h3-4,6,8H,5,7,9-11H2,1-2H3,(H2,18,19,22)/t17-/m1/s1. The van der Waals surface area contributed by atoms with Crippen LogP contribution in [0.25, 0.3) is 0 Å². The van der Waals surface area contributed by atoms with Gasteiger partial charge in [-0.3, -0.25) is 0 Å². The Kier molecular flexibility index (Phi) is 4.32. The Morgan fingerprint density at radius 3 is 2.96 bits per heavy atom. The van der Waals surface area contributed by atoms with E-state index in [4.69, 9.17) is 4.52 Å². The van der Waals surface area contributed by atoms with Gasteiger partial charge in [0.1, 0.15) is 0 Å². The topological polar surface area (TPSA) is 80.0 Å². The summed E-state index contributed by atoms with van der Waals surface area (Å²) in [5.41, 5.74) is 2.72. The van der Waals surface area contributed by atoms with Gasteiger partial charge in [0.05, 0.1) is 6.54 Å². The van der Waals surface area contributed by atoms with Crippen molar-refractivity contribution < 1.29 is 9.32 Å². The van der Waals surface area contributed by atoms with Gasteiger partial charge in [-0.1, -0.05) is 36.3 Å². The van der Waals surface area contributed by atoms with Crippen molar-refractivity contribution in [2.45, 2.75) is 45.1 Å². The van der Waals surface area contributed by atoms with E-state index in [1.165, 1.54) is 11.1 Å². The van der Waals surface area contributed by atoms with Gasteiger partial charge in [0.2, 0.25) is 5.89 Å². The maximum absolute atomic E-state index is 12.0. The second-order valence-corrected chi connectivity index (χ2v) is 6.34. The first-order valence-electron chi connectivity index (χ1n) is 7.96. The van der Waals surface area contributed by atoms with E-state index < -0.39 is 0 Å². The molecule has 0 spiro atoms. The number of benzene rings is 1. The summed E-state index contributed by atoms with van der Waals surface area (Å²) >= 11 is 0. The zero-order valence-electron chi connectivity index (χ0n) is 13.6. The maximum Gasteiger partial charge on any atom is 0.315 e. The predicted octanol–water partition coefficient (Wildman–Crippen LogP) is 2.47. The van der Waals surface area contributed by atoms with Crippen LogP contribution in [0.4, 0.5) is 4.79 Å². The van der Waals surface area contributed by atoms with Crippen LogP contribution in [-0.4, -0.2) is 22.7 Å². The zero-order chi connectivity index (χ0) is 16.3. The second-order valence-electron chi connectivity index (χ2n) is 6.34. The molecule has 1 aliphatic carbocycles. The first-order valence-corrected chi connectivity index (χ1v) is 7.96. The smallest absolute Gasteiger partial charge is 0.315 e. The highest BCUT2D eigenvalue weighted by Gasteiger charge is 2.31. The first kappa shape index (κ1) is 15.5. The fourth-order valence-electron chi connectivity index (χ4n) is 3.22. The van der Waals surface area contributed by atoms with E-state index in [9.17, 15) is 4.79 Å². The molecule has 1 aromatic carbocycles. The molecule has 1 heterocycles. The van der Waals surface area contributed by atoms with Crippen molar-refractivity contribution in [2.75, 3.05) is 6.54 Å². The molecule has 2 aromatic rings. The summed E-state index contributed by atoms with van der Waals surface area (Å²) in [5, 5.41) is 9.41. The summed E-state index contributed by atoms with van der Waals surface area (Å²) in [6.07, 6.45) is 3.35. The quantitative estimate of drug-likeness (QED) is 0.908. The maximum atomic E-state index is 12.0. The van der Waals surface area contributed by atoms with Crippen LogP contribution < -0.4 is 10.6 Å². The Balaban J connectivity index is 1.56. The predicted molar refractivity (Wildman–Crippen MR) is 86.0 cm³/mol. The Morgan fingerprint density at radius 2 is 2.17 bits per heavy atom. The van der Waals surface area contributed by atoms with Crippen LogP contribution in [0.2, 0.25) is 0 Å². The van der Waals surface area contributed by atoms with Crippen molar-refractivity contribution in [3.63, 3.8) is 0 Å². The van der Waals surface area contributed by atoms with E-state index in [2.05, 4.69) is 52.0 Å². The van der Waals surface area contributed by atoms with Crippen molar-refractivity contribution in [2.24, 2.45) is 0 Å². The molecule has 0 aliphatic heterocycles. The van der Waals surface area contributed by atoms with E-state index in [1.54, 1.807) is 6.92 Å². The van der Waals surface area contributed by atoms with Gasteiger partial charge in [0, 0.05) is 12.0 Å².